The van der Waals surface area contributed by atoms with Gasteiger partial charge < -0.3 is 23.7 Å². The molecule has 53 heavy (non-hydrogen) atoms. The lowest BCUT2D eigenvalue weighted by atomic mass is 9.92. The lowest BCUT2D eigenvalue weighted by Crippen LogP contribution is -2.53. The molecule has 1 atom stereocenters. The molecule has 3 fully saturated rings. The van der Waals surface area contributed by atoms with Crippen molar-refractivity contribution in [3.8, 4) is 5.75 Å². The quantitative estimate of drug-likeness (QED) is 0.320. The van der Waals surface area contributed by atoms with Crippen LogP contribution in [-0.2, 0) is 27.9 Å². The van der Waals surface area contributed by atoms with Crippen LogP contribution < -0.4 is 20.0 Å². The normalized spacial score (nSPS) is 20.3. The van der Waals surface area contributed by atoms with Gasteiger partial charge in [-0.15, -0.1) is 0 Å². The fourth-order valence-corrected chi connectivity index (χ4v) is 9.53. The first-order chi connectivity index (χ1) is 25.4. The van der Waals surface area contributed by atoms with Crippen LogP contribution >= 0.6 is 0 Å². The minimum atomic E-state index is -4.14. The Morgan fingerprint density at radius 2 is 1.72 bits per heavy atom. The van der Waals surface area contributed by atoms with E-state index in [1.54, 1.807) is 7.11 Å². The zero-order valence-electron chi connectivity index (χ0n) is 30.8. The molecule has 4 aliphatic rings. The minimum absolute atomic E-state index is 0.0849. The highest BCUT2D eigenvalue weighted by molar-refractivity contribution is 7.87. The number of ether oxygens (including phenoxy) is 2. The minimum Gasteiger partial charge on any atom is -0.486 e. The average molecular weight is 754 g/mol. The van der Waals surface area contributed by atoms with Gasteiger partial charge in [-0.1, -0.05) is 0 Å². The molecule has 2 amide bonds. The van der Waals surface area contributed by atoms with Crippen LogP contribution in [0.15, 0.2) is 27.4 Å². The van der Waals surface area contributed by atoms with E-state index in [-0.39, 0.29) is 49.5 Å². The lowest BCUT2D eigenvalue weighted by molar-refractivity contribution is 0.0725. The molecule has 0 radical (unpaired) electrons. The number of nitrogens with one attached hydrogen (secondary N) is 1. The van der Waals surface area contributed by atoms with Crippen molar-refractivity contribution in [3.05, 3.63) is 67.8 Å². The number of carbonyl (C=O) groups is 2. The number of anilines is 1. The van der Waals surface area contributed by atoms with Crippen molar-refractivity contribution >= 4 is 38.7 Å². The van der Waals surface area contributed by atoms with Crippen LogP contribution in [0.1, 0.15) is 81.5 Å². The summed E-state index contributed by atoms with van der Waals surface area (Å²) in [5.41, 5.74) is 3.36. The maximum absolute atomic E-state index is 16.4. The Hall–Kier alpha value is -4.05. The van der Waals surface area contributed by atoms with E-state index in [0.29, 0.717) is 49.9 Å². The number of fused-ring (bicyclic) bond motifs is 3. The molecule has 2 saturated heterocycles. The van der Waals surface area contributed by atoms with Gasteiger partial charge in [-0.3, -0.25) is 14.5 Å². The fraction of sp³-hybridized carbons (Fsp3) is 0.553. The van der Waals surface area contributed by atoms with Crippen molar-refractivity contribution < 1.29 is 36.3 Å². The Bertz CT molecular complexity index is 2090. The largest absolute Gasteiger partial charge is 0.486 e. The SMILES string of the molecule is COC[C@H]1CN(c2cc(C)c3c4c(c(=O)oc3c2C)CN(C(=O)c2ccc(C(=O)NS(=O)(=O)N3CCCC3)c(OC3CCCC3)c2F)CC4)CCN1C. The number of aryl methyl sites for hydroxylation is 2. The van der Waals surface area contributed by atoms with Gasteiger partial charge in [0.15, 0.2) is 11.6 Å². The molecule has 286 valence electrons. The summed E-state index contributed by atoms with van der Waals surface area (Å²) in [7, 11) is -0.348. The predicted molar refractivity (Wildman–Crippen MR) is 197 cm³/mol. The van der Waals surface area contributed by atoms with Gasteiger partial charge in [0, 0.05) is 63.0 Å². The number of amides is 2. The molecule has 1 saturated carbocycles. The predicted octanol–water partition coefficient (Wildman–Crippen LogP) is 3.91. The standard InChI is InChI=1S/C38H48FN5O8S/c1-23-19-31(42-18-17-41(3)25(20-42)22-50-4)24(2)34-32(23)27-13-16-43(21-30(27)38(47)52-34)37(46)28-11-12-29(35(33(28)39)51-26-9-5-6-10-26)36(45)40-53(48,49)44-14-7-8-15-44/h11-12,19,25-26H,5-10,13-18,20-22H2,1-4H3,(H,40,45)/t25-/m1/s1. The van der Waals surface area contributed by atoms with E-state index in [1.807, 2.05) is 13.8 Å². The molecule has 7 rings (SSSR count). The number of benzene rings is 2. The second-order valence-electron chi connectivity index (χ2n) is 14.8. The molecule has 13 nitrogen and oxygen atoms in total. The van der Waals surface area contributed by atoms with E-state index in [4.69, 9.17) is 13.9 Å². The van der Waals surface area contributed by atoms with E-state index in [2.05, 4.69) is 27.6 Å². The maximum Gasteiger partial charge on any atom is 0.341 e. The summed E-state index contributed by atoms with van der Waals surface area (Å²) in [6.45, 7) is 7.75. The molecule has 1 aliphatic carbocycles. The van der Waals surface area contributed by atoms with Gasteiger partial charge in [0.25, 0.3) is 11.8 Å². The Morgan fingerprint density at radius 1 is 1.00 bits per heavy atom. The van der Waals surface area contributed by atoms with Crippen LogP contribution in [0.5, 0.6) is 5.75 Å². The molecule has 1 N–H and O–H groups in total. The molecule has 0 bridgehead atoms. The number of hydrogen-bond acceptors (Lipinski definition) is 10. The van der Waals surface area contributed by atoms with Gasteiger partial charge in [0.1, 0.15) is 5.58 Å². The molecule has 1 aromatic heterocycles. The number of methoxy groups -OCH3 is 1. The van der Waals surface area contributed by atoms with Crippen molar-refractivity contribution in [2.24, 2.45) is 0 Å². The second kappa shape index (κ2) is 15.0. The average Bonchev–Trinajstić information content (AvgIpc) is 3.87. The topological polar surface area (TPSA) is 142 Å². The molecule has 3 aliphatic heterocycles. The highest BCUT2D eigenvalue weighted by atomic mass is 32.2. The Kier molecular flexibility index (Phi) is 10.5. The second-order valence-corrected chi connectivity index (χ2v) is 16.4. The van der Waals surface area contributed by atoms with Gasteiger partial charge in [-0.2, -0.15) is 12.7 Å². The van der Waals surface area contributed by atoms with E-state index < -0.39 is 39.2 Å². The van der Waals surface area contributed by atoms with Crippen molar-refractivity contribution in [1.82, 2.24) is 18.8 Å². The number of nitrogens with zero attached hydrogens (tertiary/aromatic N) is 4. The van der Waals surface area contributed by atoms with Gasteiger partial charge in [-0.05, 0) is 95.2 Å². The zero-order chi connectivity index (χ0) is 37.6. The highest BCUT2D eigenvalue weighted by Gasteiger charge is 2.35. The molecule has 3 aromatic rings. The van der Waals surface area contributed by atoms with Crippen molar-refractivity contribution in [1.29, 1.82) is 0 Å². The number of halogens is 1. The molecular formula is C38H48FN5O8S. The van der Waals surface area contributed by atoms with Crippen LogP contribution in [0.25, 0.3) is 11.0 Å². The molecular weight excluding hydrogens is 706 g/mol. The summed E-state index contributed by atoms with van der Waals surface area (Å²) < 4.78 is 62.9. The van der Waals surface area contributed by atoms with Crippen LogP contribution in [0.2, 0.25) is 0 Å². The summed E-state index contributed by atoms with van der Waals surface area (Å²) in [6.07, 6.45) is 4.35. The van der Waals surface area contributed by atoms with Gasteiger partial charge in [0.2, 0.25) is 0 Å². The number of hydrogen-bond donors (Lipinski definition) is 1. The van der Waals surface area contributed by atoms with E-state index in [0.717, 1.165) is 60.2 Å². The summed E-state index contributed by atoms with van der Waals surface area (Å²) in [6, 6.07) is 4.78. The van der Waals surface area contributed by atoms with Crippen molar-refractivity contribution in [3.63, 3.8) is 0 Å². The van der Waals surface area contributed by atoms with E-state index in [9.17, 15) is 22.8 Å². The van der Waals surface area contributed by atoms with Crippen molar-refractivity contribution in [2.75, 3.05) is 64.9 Å². The molecule has 0 spiro atoms. The van der Waals surface area contributed by atoms with E-state index in [1.165, 1.54) is 21.3 Å². The number of carbonyl (C=O) groups excluding carboxylic acids is 2. The fourth-order valence-electron chi connectivity index (χ4n) is 8.31. The first-order valence-electron chi connectivity index (χ1n) is 18.5. The summed E-state index contributed by atoms with van der Waals surface area (Å²) in [4.78, 5) is 46.9. The lowest BCUT2D eigenvalue weighted by Gasteiger charge is -2.41. The number of likely N-dealkylation sites (N-methyl/N-ethyl adjacent to an activating group) is 1. The first-order valence-corrected chi connectivity index (χ1v) is 20.0. The maximum atomic E-state index is 16.4. The van der Waals surface area contributed by atoms with Gasteiger partial charge in [-0.25, -0.2) is 13.9 Å². The smallest absolute Gasteiger partial charge is 0.341 e. The van der Waals surface area contributed by atoms with Gasteiger partial charge in [0.05, 0.1) is 42.0 Å². The summed E-state index contributed by atoms with van der Waals surface area (Å²) in [5.74, 6) is -3.20. The molecule has 2 aromatic carbocycles. The third-order valence-corrected chi connectivity index (χ3v) is 12.8. The molecule has 0 unspecified atom stereocenters. The van der Waals surface area contributed by atoms with Gasteiger partial charge >= 0.3 is 15.8 Å². The Balaban J connectivity index is 1.17. The number of rotatable bonds is 9. The highest BCUT2D eigenvalue weighted by Crippen LogP contribution is 2.37. The summed E-state index contributed by atoms with van der Waals surface area (Å²) in [5, 5.41) is 0.855. The van der Waals surface area contributed by atoms with Crippen LogP contribution in [0.4, 0.5) is 10.1 Å². The molecule has 15 heteroatoms. The monoisotopic (exact) mass is 753 g/mol. The van der Waals surface area contributed by atoms with Crippen LogP contribution in [0.3, 0.4) is 0 Å². The first kappa shape index (κ1) is 37.3. The summed E-state index contributed by atoms with van der Waals surface area (Å²) >= 11 is 0. The van der Waals surface area contributed by atoms with Crippen LogP contribution in [0, 0.1) is 19.7 Å². The van der Waals surface area contributed by atoms with Crippen LogP contribution in [-0.4, -0.2) is 107 Å². The third-order valence-electron chi connectivity index (χ3n) is 11.3. The third kappa shape index (κ3) is 7.16. The molecule has 4 heterocycles. The van der Waals surface area contributed by atoms with Crippen molar-refractivity contribution in [2.45, 2.75) is 77.5 Å². The Morgan fingerprint density at radius 3 is 2.43 bits per heavy atom. The number of piperazine rings is 1. The zero-order valence-corrected chi connectivity index (χ0v) is 31.7. The van der Waals surface area contributed by atoms with E-state index >= 15 is 4.39 Å². The Labute approximate surface area is 309 Å².